The number of nitrogens with one attached hydrogen (secondary N) is 1. The molecule has 20 heavy (non-hydrogen) atoms. The fourth-order valence-electron chi connectivity index (χ4n) is 1.89. The Morgan fingerprint density at radius 3 is 2.85 bits per heavy atom. The minimum absolute atomic E-state index is 0.470. The van der Waals surface area contributed by atoms with Crippen LogP contribution in [-0.2, 0) is 13.2 Å². The van der Waals surface area contributed by atoms with E-state index in [0.717, 1.165) is 40.9 Å². The summed E-state index contributed by atoms with van der Waals surface area (Å²) in [7, 11) is 1.66. The van der Waals surface area contributed by atoms with Gasteiger partial charge in [-0.3, -0.25) is 0 Å². The van der Waals surface area contributed by atoms with Crippen molar-refractivity contribution in [1.29, 1.82) is 0 Å². The number of hydrogen-bond donors (Lipinski definition) is 1. The first-order valence-electron chi connectivity index (χ1n) is 6.65. The van der Waals surface area contributed by atoms with Crippen LogP contribution in [0.4, 0.5) is 0 Å². The molecule has 0 amide bonds. The molecule has 2 rings (SSSR count). The van der Waals surface area contributed by atoms with Crippen LogP contribution < -0.4 is 14.8 Å². The van der Waals surface area contributed by atoms with Gasteiger partial charge in [-0.15, -0.1) is 11.3 Å². The second-order valence-electron chi connectivity index (χ2n) is 4.40. The van der Waals surface area contributed by atoms with Crippen LogP contribution in [0.5, 0.6) is 11.5 Å². The Labute approximate surface area is 123 Å². The first kappa shape index (κ1) is 14.8. The van der Waals surface area contributed by atoms with Crippen LogP contribution in [0.3, 0.4) is 0 Å². The van der Waals surface area contributed by atoms with Gasteiger partial charge in [-0.1, -0.05) is 19.1 Å². The number of methoxy groups -OCH3 is 1. The van der Waals surface area contributed by atoms with Gasteiger partial charge in [-0.05, 0) is 19.5 Å². The maximum atomic E-state index is 5.94. The van der Waals surface area contributed by atoms with E-state index in [1.807, 2.05) is 30.5 Å². The lowest BCUT2D eigenvalue weighted by Crippen LogP contribution is -2.13. The highest BCUT2D eigenvalue weighted by Gasteiger charge is 2.11. The Morgan fingerprint density at radius 2 is 2.20 bits per heavy atom. The predicted molar refractivity (Wildman–Crippen MR) is 81.6 cm³/mol. The van der Waals surface area contributed by atoms with Gasteiger partial charge in [0.1, 0.15) is 11.6 Å². The minimum Gasteiger partial charge on any atom is -0.493 e. The van der Waals surface area contributed by atoms with Crippen molar-refractivity contribution in [1.82, 2.24) is 10.3 Å². The number of benzene rings is 1. The molecule has 0 bridgehead atoms. The number of aromatic nitrogens is 1. The summed E-state index contributed by atoms with van der Waals surface area (Å²) >= 11 is 1.61. The molecular formula is C15H20N2O2S. The maximum absolute atomic E-state index is 5.94. The summed E-state index contributed by atoms with van der Waals surface area (Å²) in [5.74, 6) is 1.55. The van der Waals surface area contributed by atoms with E-state index in [9.17, 15) is 0 Å². The lowest BCUT2D eigenvalue weighted by Gasteiger charge is -2.14. The summed E-state index contributed by atoms with van der Waals surface area (Å²) in [6, 6.07) is 5.94. The highest BCUT2D eigenvalue weighted by molar-refractivity contribution is 7.09. The third-order valence-corrected chi connectivity index (χ3v) is 3.79. The summed E-state index contributed by atoms with van der Waals surface area (Å²) in [6.07, 6.45) is 0. The molecule has 0 saturated heterocycles. The second-order valence-corrected chi connectivity index (χ2v) is 5.34. The molecule has 1 aromatic carbocycles. The molecule has 1 N–H and O–H groups in total. The van der Waals surface area contributed by atoms with Crippen molar-refractivity contribution in [2.45, 2.75) is 27.0 Å². The molecule has 5 heteroatoms. The third kappa shape index (κ3) is 3.71. The van der Waals surface area contributed by atoms with Gasteiger partial charge in [-0.2, -0.15) is 0 Å². The van der Waals surface area contributed by atoms with Gasteiger partial charge in [0.25, 0.3) is 0 Å². The van der Waals surface area contributed by atoms with Gasteiger partial charge in [0.05, 0.1) is 7.11 Å². The van der Waals surface area contributed by atoms with Crippen molar-refractivity contribution in [3.8, 4) is 11.5 Å². The van der Waals surface area contributed by atoms with Crippen molar-refractivity contribution in [3.05, 3.63) is 39.8 Å². The zero-order valence-corrected chi connectivity index (χ0v) is 12.9. The molecule has 0 atom stereocenters. The first-order valence-corrected chi connectivity index (χ1v) is 7.53. The summed E-state index contributed by atoms with van der Waals surface area (Å²) in [5.41, 5.74) is 2.13. The van der Waals surface area contributed by atoms with E-state index in [4.69, 9.17) is 9.47 Å². The molecule has 4 nitrogen and oxygen atoms in total. The number of para-hydroxylation sites is 1. The van der Waals surface area contributed by atoms with Crippen molar-refractivity contribution in [3.63, 3.8) is 0 Å². The van der Waals surface area contributed by atoms with Gasteiger partial charge in [0.15, 0.2) is 11.5 Å². The van der Waals surface area contributed by atoms with Crippen LogP contribution in [0.15, 0.2) is 23.6 Å². The quantitative estimate of drug-likeness (QED) is 0.851. The van der Waals surface area contributed by atoms with Crippen LogP contribution in [0.2, 0.25) is 0 Å². The Balaban J connectivity index is 2.14. The zero-order chi connectivity index (χ0) is 14.4. The van der Waals surface area contributed by atoms with Gasteiger partial charge in [0, 0.05) is 23.2 Å². The fourth-order valence-corrected chi connectivity index (χ4v) is 2.57. The van der Waals surface area contributed by atoms with Gasteiger partial charge >= 0.3 is 0 Å². The molecule has 0 radical (unpaired) electrons. The normalized spacial score (nSPS) is 10.6. The number of nitrogens with zero attached hydrogens (tertiary/aromatic N) is 1. The Kier molecular flexibility index (Phi) is 5.38. The average Bonchev–Trinajstić information content (AvgIpc) is 2.88. The SMILES string of the molecule is CCNCc1cccc(OC)c1OCc1nc(C)cs1. The summed E-state index contributed by atoms with van der Waals surface area (Å²) in [4.78, 5) is 4.41. The minimum atomic E-state index is 0.470. The summed E-state index contributed by atoms with van der Waals surface area (Å²) in [5, 5.41) is 6.31. The lowest BCUT2D eigenvalue weighted by atomic mass is 10.2. The van der Waals surface area contributed by atoms with Gasteiger partial charge in [0.2, 0.25) is 0 Å². The molecule has 0 aliphatic carbocycles. The van der Waals surface area contributed by atoms with Crippen molar-refractivity contribution < 1.29 is 9.47 Å². The number of rotatable bonds is 7. The summed E-state index contributed by atoms with van der Waals surface area (Å²) < 4.78 is 11.3. The molecule has 0 aliphatic rings. The molecule has 0 saturated carbocycles. The highest BCUT2D eigenvalue weighted by atomic mass is 32.1. The van der Waals surface area contributed by atoms with Crippen molar-refractivity contribution >= 4 is 11.3 Å². The Morgan fingerprint density at radius 1 is 1.35 bits per heavy atom. The Hall–Kier alpha value is -1.59. The van der Waals surface area contributed by atoms with Crippen LogP contribution in [0.1, 0.15) is 23.2 Å². The molecule has 1 aromatic heterocycles. The largest absolute Gasteiger partial charge is 0.493 e. The Bertz CT molecular complexity index is 555. The van der Waals surface area contributed by atoms with Crippen LogP contribution in [0.25, 0.3) is 0 Å². The maximum Gasteiger partial charge on any atom is 0.166 e. The first-order chi connectivity index (χ1) is 9.74. The zero-order valence-electron chi connectivity index (χ0n) is 12.1. The monoisotopic (exact) mass is 292 g/mol. The highest BCUT2D eigenvalue weighted by Crippen LogP contribution is 2.32. The lowest BCUT2D eigenvalue weighted by molar-refractivity contribution is 0.280. The molecule has 0 spiro atoms. The number of aryl methyl sites for hydroxylation is 1. The molecule has 108 valence electrons. The van der Waals surface area contributed by atoms with Crippen LogP contribution >= 0.6 is 11.3 Å². The van der Waals surface area contributed by atoms with E-state index in [-0.39, 0.29) is 0 Å². The van der Waals surface area contributed by atoms with E-state index in [2.05, 4.69) is 17.2 Å². The van der Waals surface area contributed by atoms with Crippen LogP contribution in [0, 0.1) is 6.92 Å². The van der Waals surface area contributed by atoms with E-state index in [1.165, 1.54) is 0 Å². The molecule has 2 aromatic rings. The third-order valence-electron chi connectivity index (χ3n) is 2.85. The molecule has 1 heterocycles. The average molecular weight is 292 g/mol. The van der Waals surface area contributed by atoms with Crippen molar-refractivity contribution in [2.75, 3.05) is 13.7 Å². The fraction of sp³-hybridized carbons (Fsp3) is 0.400. The van der Waals surface area contributed by atoms with E-state index < -0.39 is 0 Å². The summed E-state index contributed by atoms with van der Waals surface area (Å²) in [6.45, 7) is 6.22. The van der Waals surface area contributed by atoms with E-state index >= 15 is 0 Å². The van der Waals surface area contributed by atoms with Crippen LogP contribution in [-0.4, -0.2) is 18.6 Å². The molecule has 0 aliphatic heterocycles. The second kappa shape index (κ2) is 7.26. The predicted octanol–water partition coefficient (Wildman–Crippen LogP) is 3.15. The number of hydrogen-bond acceptors (Lipinski definition) is 5. The molecule has 0 fully saturated rings. The van der Waals surface area contributed by atoms with Gasteiger partial charge < -0.3 is 14.8 Å². The van der Waals surface area contributed by atoms with Crippen molar-refractivity contribution in [2.24, 2.45) is 0 Å². The molecule has 0 unspecified atom stereocenters. The standard InChI is InChI=1S/C15H20N2O2S/c1-4-16-8-12-6-5-7-13(18-3)15(12)19-9-14-17-11(2)10-20-14/h5-7,10,16H,4,8-9H2,1-3H3. The number of ether oxygens (including phenoxy) is 2. The number of thiazole rings is 1. The van der Waals surface area contributed by atoms with E-state index in [0.29, 0.717) is 6.61 Å². The molecular weight excluding hydrogens is 272 g/mol. The topological polar surface area (TPSA) is 43.4 Å². The van der Waals surface area contributed by atoms with Gasteiger partial charge in [-0.25, -0.2) is 4.98 Å². The smallest absolute Gasteiger partial charge is 0.166 e. The van der Waals surface area contributed by atoms with E-state index in [1.54, 1.807) is 18.4 Å².